The van der Waals surface area contributed by atoms with Gasteiger partial charge in [-0.25, -0.2) is 8.78 Å². The topological polar surface area (TPSA) is 55.2 Å². The number of halogens is 4. The molecule has 110 valence electrons. The zero-order valence-corrected chi connectivity index (χ0v) is 11.1. The Kier molecular flexibility index (Phi) is 4.32. The second-order valence-corrected chi connectivity index (χ2v) is 4.55. The van der Waals surface area contributed by atoms with Crippen LogP contribution >= 0.6 is 11.6 Å². The van der Waals surface area contributed by atoms with E-state index in [1.165, 1.54) is 12.1 Å². The van der Waals surface area contributed by atoms with E-state index in [4.69, 9.17) is 11.6 Å². The molecule has 2 aromatic carbocycles. The Morgan fingerprint density at radius 1 is 1.14 bits per heavy atom. The SMILES string of the molecule is O=[N+]([O-])c1c(F)cc(F)cc1NCc1ccc(F)c(Cl)c1. The van der Waals surface area contributed by atoms with E-state index in [2.05, 4.69) is 5.32 Å². The summed E-state index contributed by atoms with van der Waals surface area (Å²) in [4.78, 5) is 9.85. The number of hydrogen-bond donors (Lipinski definition) is 1. The minimum Gasteiger partial charge on any atom is -0.375 e. The van der Waals surface area contributed by atoms with Crippen LogP contribution in [0.2, 0.25) is 5.02 Å². The Morgan fingerprint density at radius 3 is 2.48 bits per heavy atom. The van der Waals surface area contributed by atoms with E-state index in [0.717, 1.165) is 12.1 Å². The number of rotatable bonds is 4. The first-order chi connectivity index (χ1) is 9.88. The van der Waals surface area contributed by atoms with Gasteiger partial charge in [0.05, 0.1) is 9.95 Å². The average molecular weight is 317 g/mol. The van der Waals surface area contributed by atoms with Gasteiger partial charge in [-0.3, -0.25) is 10.1 Å². The standard InChI is InChI=1S/C13H8ClF3N2O2/c14-9-3-7(1-2-10(9)16)6-18-12-5-8(15)4-11(17)13(12)19(20)21/h1-5,18H,6H2. The summed E-state index contributed by atoms with van der Waals surface area (Å²) in [7, 11) is 0. The fourth-order valence-electron chi connectivity index (χ4n) is 1.73. The summed E-state index contributed by atoms with van der Waals surface area (Å²) < 4.78 is 39.6. The maximum atomic E-state index is 13.4. The van der Waals surface area contributed by atoms with E-state index < -0.39 is 28.1 Å². The van der Waals surface area contributed by atoms with Crippen LogP contribution in [0.4, 0.5) is 24.5 Å². The number of nitro groups is 1. The van der Waals surface area contributed by atoms with Crippen molar-refractivity contribution in [3.63, 3.8) is 0 Å². The number of benzene rings is 2. The lowest BCUT2D eigenvalue weighted by Gasteiger charge is -2.08. The number of nitro benzene ring substituents is 1. The van der Waals surface area contributed by atoms with Crippen LogP contribution in [0.15, 0.2) is 30.3 Å². The molecule has 0 radical (unpaired) electrons. The van der Waals surface area contributed by atoms with Crippen LogP contribution < -0.4 is 5.32 Å². The highest BCUT2D eigenvalue weighted by Gasteiger charge is 2.21. The van der Waals surface area contributed by atoms with Gasteiger partial charge in [-0.2, -0.15) is 4.39 Å². The van der Waals surface area contributed by atoms with Crippen LogP contribution in [0.5, 0.6) is 0 Å². The Hall–Kier alpha value is -2.28. The van der Waals surface area contributed by atoms with Crippen molar-refractivity contribution >= 4 is 23.0 Å². The third-order valence-corrected chi connectivity index (χ3v) is 2.97. The van der Waals surface area contributed by atoms with Crippen LogP contribution in [0.3, 0.4) is 0 Å². The van der Waals surface area contributed by atoms with E-state index >= 15 is 0 Å². The van der Waals surface area contributed by atoms with E-state index in [1.807, 2.05) is 0 Å². The molecule has 0 aliphatic heterocycles. The zero-order valence-electron chi connectivity index (χ0n) is 10.4. The van der Waals surface area contributed by atoms with Crippen LogP contribution in [-0.2, 0) is 6.54 Å². The minimum atomic E-state index is -1.28. The molecule has 8 heteroatoms. The predicted octanol–water partition coefficient (Wildman–Crippen LogP) is 4.28. The van der Waals surface area contributed by atoms with Gasteiger partial charge < -0.3 is 5.32 Å². The number of anilines is 1. The Morgan fingerprint density at radius 2 is 1.86 bits per heavy atom. The van der Waals surface area contributed by atoms with Gasteiger partial charge in [0.25, 0.3) is 0 Å². The number of nitrogens with one attached hydrogen (secondary N) is 1. The normalized spacial score (nSPS) is 10.5. The Labute approximate surface area is 122 Å². The van der Waals surface area contributed by atoms with E-state index in [9.17, 15) is 23.3 Å². The van der Waals surface area contributed by atoms with Crippen LogP contribution in [-0.4, -0.2) is 4.92 Å². The second-order valence-electron chi connectivity index (χ2n) is 4.14. The second kappa shape index (κ2) is 6.01. The molecule has 0 aliphatic rings. The molecule has 0 heterocycles. The molecule has 0 saturated heterocycles. The first kappa shape index (κ1) is 15.1. The predicted molar refractivity (Wildman–Crippen MR) is 71.7 cm³/mol. The maximum absolute atomic E-state index is 13.4. The molecule has 4 nitrogen and oxygen atoms in total. The van der Waals surface area contributed by atoms with Crippen molar-refractivity contribution in [2.24, 2.45) is 0 Å². The van der Waals surface area contributed by atoms with Gasteiger partial charge in [-0.05, 0) is 17.7 Å². The first-order valence-corrected chi connectivity index (χ1v) is 6.07. The summed E-state index contributed by atoms with van der Waals surface area (Å²) in [5.74, 6) is -2.83. The molecule has 0 atom stereocenters. The summed E-state index contributed by atoms with van der Waals surface area (Å²) in [5, 5.41) is 13.2. The number of nitrogens with zero attached hydrogens (tertiary/aromatic N) is 1. The van der Waals surface area contributed by atoms with Crippen molar-refractivity contribution in [3.05, 3.63) is 68.5 Å². The smallest absolute Gasteiger partial charge is 0.327 e. The van der Waals surface area contributed by atoms with Crippen LogP contribution in [0.1, 0.15) is 5.56 Å². The summed E-state index contributed by atoms with van der Waals surface area (Å²) in [6.07, 6.45) is 0. The number of hydrogen-bond acceptors (Lipinski definition) is 3. The van der Waals surface area contributed by atoms with Crippen molar-refractivity contribution in [3.8, 4) is 0 Å². The molecule has 0 bridgehead atoms. The zero-order chi connectivity index (χ0) is 15.6. The summed E-state index contributed by atoms with van der Waals surface area (Å²) in [6, 6.07) is 5.07. The summed E-state index contributed by atoms with van der Waals surface area (Å²) in [5.41, 5.74) is -0.664. The molecular formula is C13H8ClF3N2O2. The van der Waals surface area contributed by atoms with Crippen molar-refractivity contribution in [1.29, 1.82) is 0 Å². The molecule has 0 spiro atoms. The highest BCUT2D eigenvalue weighted by Crippen LogP contribution is 2.29. The van der Waals surface area contributed by atoms with Gasteiger partial charge in [0.15, 0.2) is 0 Å². The van der Waals surface area contributed by atoms with Crippen LogP contribution in [0.25, 0.3) is 0 Å². The van der Waals surface area contributed by atoms with E-state index in [1.54, 1.807) is 0 Å². The lowest BCUT2D eigenvalue weighted by atomic mass is 10.2. The maximum Gasteiger partial charge on any atom is 0.327 e. The molecule has 2 rings (SSSR count). The van der Waals surface area contributed by atoms with Gasteiger partial charge in [0, 0.05) is 18.7 Å². The lowest BCUT2D eigenvalue weighted by Crippen LogP contribution is -2.05. The molecule has 2 aromatic rings. The Bertz CT molecular complexity index is 710. The monoisotopic (exact) mass is 316 g/mol. The van der Waals surface area contributed by atoms with E-state index in [-0.39, 0.29) is 17.3 Å². The molecule has 0 unspecified atom stereocenters. The van der Waals surface area contributed by atoms with Crippen molar-refractivity contribution in [1.82, 2.24) is 0 Å². The molecule has 0 fully saturated rings. The van der Waals surface area contributed by atoms with Gasteiger partial charge in [-0.1, -0.05) is 17.7 Å². The van der Waals surface area contributed by atoms with E-state index in [0.29, 0.717) is 11.6 Å². The van der Waals surface area contributed by atoms with Crippen molar-refractivity contribution < 1.29 is 18.1 Å². The van der Waals surface area contributed by atoms with Crippen molar-refractivity contribution in [2.75, 3.05) is 5.32 Å². The fraction of sp³-hybridized carbons (Fsp3) is 0.0769. The summed E-state index contributed by atoms with van der Waals surface area (Å²) in [6.45, 7) is -0.0102. The minimum absolute atomic E-state index is 0.0102. The van der Waals surface area contributed by atoms with Crippen molar-refractivity contribution in [2.45, 2.75) is 6.54 Å². The average Bonchev–Trinajstić information content (AvgIpc) is 2.38. The fourth-order valence-corrected chi connectivity index (χ4v) is 1.94. The molecule has 0 saturated carbocycles. The van der Waals surface area contributed by atoms with Gasteiger partial charge in [-0.15, -0.1) is 0 Å². The first-order valence-electron chi connectivity index (χ1n) is 5.69. The molecule has 0 aliphatic carbocycles. The highest BCUT2D eigenvalue weighted by molar-refractivity contribution is 6.30. The third-order valence-electron chi connectivity index (χ3n) is 2.68. The lowest BCUT2D eigenvalue weighted by molar-refractivity contribution is -0.386. The Balaban J connectivity index is 2.27. The molecule has 1 N–H and O–H groups in total. The van der Waals surface area contributed by atoms with Crippen LogP contribution in [0, 0.1) is 27.6 Å². The highest BCUT2D eigenvalue weighted by atomic mass is 35.5. The third kappa shape index (κ3) is 3.43. The largest absolute Gasteiger partial charge is 0.375 e. The molecular weight excluding hydrogens is 309 g/mol. The molecule has 21 heavy (non-hydrogen) atoms. The quantitative estimate of drug-likeness (QED) is 0.676. The van der Waals surface area contributed by atoms with Gasteiger partial charge >= 0.3 is 5.69 Å². The molecule has 0 aromatic heterocycles. The summed E-state index contributed by atoms with van der Waals surface area (Å²) >= 11 is 5.60. The van der Waals surface area contributed by atoms with Gasteiger partial charge in [0.1, 0.15) is 17.3 Å². The van der Waals surface area contributed by atoms with Gasteiger partial charge in [0.2, 0.25) is 5.82 Å². The molecule has 0 amide bonds.